The molecule has 4 rings (SSSR count). The topological polar surface area (TPSA) is 52.6 Å². The highest BCUT2D eigenvalue weighted by Crippen LogP contribution is 2.37. The molecule has 4 nitrogen and oxygen atoms in total. The van der Waals surface area contributed by atoms with Crippen molar-refractivity contribution in [2.75, 3.05) is 0 Å². The molecule has 0 saturated carbocycles. The lowest BCUT2D eigenvalue weighted by molar-refractivity contribution is -0.166. The van der Waals surface area contributed by atoms with Gasteiger partial charge < -0.3 is 9.47 Å². The molecule has 0 aliphatic carbocycles. The Hall–Kier alpha value is -3.66. The van der Waals surface area contributed by atoms with Crippen LogP contribution in [0.3, 0.4) is 0 Å². The van der Waals surface area contributed by atoms with Gasteiger partial charge >= 0.3 is 11.9 Å². The molecule has 0 N–H and O–H groups in total. The Morgan fingerprint density at radius 1 is 0.821 bits per heavy atom. The quantitative estimate of drug-likeness (QED) is 0.499. The lowest BCUT2D eigenvalue weighted by atomic mass is 9.92. The highest BCUT2D eigenvalue weighted by atomic mass is 16.6. The molecule has 0 aromatic heterocycles. The molecule has 1 aliphatic heterocycles. The van der Waals surface area contributed by atoms with E-state index in [2.05, 4.69) is 0 Å². The summed E-state index contributed by atoms with van der Waals surface area (Å²) in [5.74, 6) is -0.775. The third-order valence-electron chi connectivity index (χ3n) is 4.59. The van der Waals surface area contributed by atoms with E-state index in [-0.39, 0.29) is 0 Å². The van der Waals surface area contributed by atoms with Crippen LogP contribution in [-0.4, -0.2) is 11.9 Å². The fourth-order valence-electron chi connectivity index (χ4n) is 3.20. The zero-order chi connectivity index (χ0) is 19.4. The molecule has 0 fully saturated rings. The average Bonchev–Trinajstić information content (AvgIpc) is 3.07. The third kappa shape index (κ3) is 3.45. The summed E-state index contributed by atoms with van der Waals surface area (Å²) in [5, 5.41) is 0. The van der Waals surface area contributed by atoms with Gasteiger partial charge in [-0.05, 0) is 23.8 Å². The standard InChI is InChI=1S/C24H18O4/c25-22-19(16-18-10-4-1-5-11-18)17-24(28-22,20-12-6-2-7-13-20)23(26)27-21-14-8-3-9-15-21/h1-15,17H,16H2. The van der Waals surface area contributed by atoms with Crippen molar-refractivity contribution in [2.45, 2.75) is 12.0 Å². The summed E-state index contributed by atoms with van der Waals surface area (Å²) in [6, 6.07) is 27.3. The highest BCUT2D eigenvalue weighted by Gasteiger charge is 2.49. The van der Waals surface area contributed by atoms with E-state index in [4.69, 9.17) is 9.47 Å². The van der Waals surface area contributed by atoms with Crippen LogP contribution in [0.1, 0.15) is 11.1 Å². The predicted octanol–water partition coefficient (Wildman–Crippen LogP) is 4.21. The molecular weight excluding hydrogens is 352 g/mol. The first-order chi connectivity index (χ1) is 13.7. The minimum absolute atomic E-state index is 0.382. The van der Waals surface area contributed by atoms with E-state index >= 15 is 0 Å². The van der Waals surface area contributed by atoms with Crippen molar-refractivity contribution in [2.24, 2.45) is 0 Å². The number of benzene rings is 3. The van der Waals surface area contributed by atoms with E-state index in [0.29, 0.717) is 23.3 Å². The number of hydrogen-bond acceptors (Lipinski definition) is 4. The van der Waals surface area contributed by atoms with E-state index in [9.17, 15) is 9.59 Å². The van der Waals surface area contributed by atoms with Crippen molar-refractivity contribution in [1.29, 1.82) is 0 Å². The summed E-state index contributed by atoms with van der Waals surface area (Å²) in [7, 11) is 0. The minimum Gasteiger partial charge on any atom is -0.434 e. The minimum atomic E-state index is -1.60. The predicted molar refractivity (Wildman–Crippen MR) is 105 cm³/mol. The summed E-state index contributed by atoms with van der Waals surface area (Å²) in [6.45, 7) is 0. The fraction of sp³-hybridized carbons (Fsp3) is 0.0833. The van der Waals surface area contributed by atoms with Gasteiger partial charge in [0.15, 0.2) is 0 Å². The molecule has 0 amide bonds. The van der Waals surface area contributed by atoms with Crippen LogP contribution in [0.2, 0.25) is 0 Å². The van der Waals surface area contributed by atoms with Gasteiger partial charge in [-0.1, -0.05) is 78.9 Å². The van der Waals surface area contributed by atoms with E-state index in [1.165, 1.54) is 0 Å². The lowest BCUT2D eigenvalue weighted by Gasteiger charge is -2.24. The van der Waals surface area contributed by atoms with Crippen LogP contribution >= 0.6 is 0 Å². The number of para-hydroxylation sites is 1. The molecule has 0 bridgehead atoms. The Labute approximate surface area is 163 Å². The molecule has 0 radical (unpaired) electrons. The Bertz CT molecular complexity index is 1010. The zero-order valence-corrected chi connectivity index (χ0v) is 15.1. The van der Waals surface area contributed by atoms with Crippen molar-refractivity contribution in [3.63, 3.8) is 0 Å². The number of rotatable bonds is 5. The summed E-state index contributed by atoms with van der Waals surface area (Å²) in [4.78, 5) is 25.8. The number of hydrogen-bond donors (Lipinski definition) is 0. The molecule has 1 heterocycles. The second-order valence-corrected chi connectivity index (χ2v) is 6.53. The van der Waals surface area contributed by atoms with Crippen molar-refractivity contribution in [3.8, 4) is 5.75 Å². The molecule has 0 spiro atoms. The van der Waals surface area contributed by atoms with Crippen LogP contribution in [0.15, 0.2) is 103 Å². The second kappa shape index (κ2) is 7.53. The maximum absolute atomic E-state index is 13.1. The molecule has 28 heavy (non-hydrogen) atoms. The van der Waals surface area contributed by atoms with E-state index in [1.807, 2.05) is 42.5 Å². The molecule has 3 aromatic carbocycles. The Balaban J connectivity index is 1.72. The summed E-state index contributed by atoms with van der Waals surface area (Å²) >= 11 is 0. The first kappa shape index (κ1) is 17.7. The van der Waals surface area contributed by atoms with Crippen LogP contribution in [0, 0.1) is 0 Å². The van der Waals surface area contributed by atoms with Gasteiger partial charge in [0.2, 0.25) is 0 Å². The van der Waals surface area contributed by atoms with Crippen molar-refractivity contribution in [1.82, 2.24) is 0 Å². The van der Waals surface area contributed by atoms with E-state index < -0.39 is 17.5 Å². The summed E-state index contributed by atoms with van der Waals surface area (Å²) < 4.78 is 11.2. The molecule has 138 valence electrons. The molecule has 1 aliphatic rings. The van der Waals surface area contributed by atoms with Crippen LogP contribution in [0.5, 0.6) is 5.75 Å². The van der Waals surface area contributed by atoms with Crippen LogP contribution in [-0.2, 0) is 26.3 Å². The van der Waals surface area contributed by atoms with Gasteiger partial charge in [0.05, 0.1) is 0 Å². The van der Waals surface area contributed by atoms with E-state index in [1.54, 1.807) is 54.6 Å². The number of carbonyl (C=O) groups excluding carboxylic acids is 2. The fourth-order valence-corrected chi connectivity index (χ4v) is 3.20. The van der Waals surface area contributed by atoms with Gasteiger partial charge in [0.1, 0.15) is 5.75 Å². The van der Waals surface area contributed by atoms with Crippen LogP contribution < -0.4 is 4.74 Å². The van der Waals surface area contributed by atoms with Crippen LogP contribution in [0.4, 0.5) is 0 Å². The normalized spacial score (nSPS) is 18.3. The maximum atomic E-state index is 13.1. The van der Waals surface area contributed by atoms with Gasteiger partial charge in [0.25, 0.3) is 5.60 Å². The number of esters is 2. The summed E-state index contributed by atoms with van der Waals surface area (Å²) in [5.41, 5.74) is 0.344. The first-order valence-electron chi connectivity index (χ1n) is 8.99. The molecule has 0 saturated heterocycles. The molecule has 1 unspecified atom stereocenters. The maximum Gasteiger partial charge on any atom is 0.365 e. The molecule has 4 heteroatoms. The number of carbonyl (C=O) groups is 2. The first-order valence-corrected chi connectivity index (χ1v) is 8.99. The Morgan fingerprint density at radius 3 is 2.04 bits per heavy atom. The van der Waals surface area contributed by atoms with Gasteiger partial charge in [-0.2, -0.15) is 0 Å². The smallest absolute Gasteiger partial charge is 0.365 e. The number of cyclic esters (lactones) is 1. The Kier molecular flexibility index (Phi) is 4.77. The molecule has 1 atom stereocenters. The largest absolute Gasteiger partial charge is 0.434 e. The SMILES string of the molecule is O=C1OC(C(=O)Oc2ccccc2)(c2ccccc2)C=C1Cc1ccccc1. The van der Waals surface area contributed by atoms with Gasteiger partial charge in [-0.3, -0.25) is 0 Å². The summed E-state index contributed by atoms with van der Waals surface area (Å²) in [6.07, 6.45) is 1.97. The van der Waals surface area contributed by atoms with Gasteiger partial charge in [0, 0.05) is 17.6 Å². The van der Waals surface area contributed by atoms with Crippen LogP contribution in [0.25, 0.3) is 0 Å². The molecule has 3 aromatic rings. The van der Waals surface area contributed by atoms with Gasteiger partial charge in [-0.15, -0.1) is 0 Å². The Morgan fingerprint density at radius 2 is 1.39 bits per heavy atom. The van der Waals surface area contributed by atoms with Gasteiger partial charge in [-0.25, -0.2) is 9.59 Å². The van der Waals surface area contributed by atoms with E-state index in [0.717, 1.165) is 5.56 Å². The van der Waals surface area contributed by atoms with Crippen molar-refractivity contribution in [3.05, 3.63) is 114 Å². The number of ether oxygens (including phenoxy) is 2. The molecular formula is C24H18O4. The average molecular weight is 370 g/mol. The van der Waals surface area contributed by atoms with Crippen molar-refractivity contribution < 1.29 is 19.1 Å². The monoisotopic (exact) mass is 370 g/mol. The highest BCUT2D eigenvalue weighted by molar-refractivity contribution is 5.99. The zero-order valence-electron chi connectivity index (χ0n) is 15.1. The van der Waals surface area contributed by atoms with Crippen molar-refractivity contribution >= 4 is 11.9 Å². The lowest BCUT2D eigenvalue weighted by Crippen LogP contribution is -2.38. The second-order valence-electron chi connectivity index (χ2n) is 6.53. The third-order valence-corrected chi connectivity index (χ3v) is 4.59.